The molecule has 134 valence electrons. The Bertz CT molecular complexity index is 667. The monoisotopic (exact) mass is 347 g/mol. The molecule has 1 aromatic carbocycles. The molecule has 0 unspecified atom stereocenters. The van der Waals surface area contributed by atoms with E-state index in [1.54, 1.807) is 19.1 Å². The fourth-order valence-electron chi connectivity index (χ4n) is 1.89. The minimum absolute atomic E-state index is 0.0594. The molecule has 0 saturated carbocycles. The molecule has 0 bridgehead atoms. The van der Waals surface area contributed by atoms with Crippen LogP contribution in [0.15, 0.2) is 36.4 Å². The van der Waals surface area contributed by atoms with E-state index in [1.165, 1.54) is 31.2 Å². The molecule has 8 heteroatoms. The van der Waals surface area contributed by atoms with Gasteiger partial charge in [-0.3, -0.25) is 14.4 Å². The fourth-order valence-corrected chi connectivity index (χ4v) is 1.89. The van der Waals surface area contributed by atoms with Crippen LogP contribution >= 0.6 is 0 Å². The molecule has 0 aliphatic heterocycles. The highest BCUT2D eigenvalue weighted by atomic mass is 16.5. The number of nitrogens with one attached hydrogen (secondary N) is 2. The Balaban J connectivity index is 2.68. The molecular formula is C17H21N3O5. The van der Waals surface area contributed by atoms with Crippen molar-refractivity contribution in [3.05, 3.63) is 42.0 Å². The van der Waals surface area contributed by atoms with Crippen LogP contribution in [0.3, 0.4) is 0 Å². The van der Waals surface area contributed by atoms with Gasteiger partial charge in [-0.25, -0.2) is 4.79 Å². The summed E-state index contributed by atoms with van der Waals surface area (Å²) in [6, 6.07) is 5.18. The number of amides is 3. The van der Waals surface area contributed by atoms with E-state index in [4.69, 9.17) is 10.5 Å². The lowest BCUT2D eigenvalue weighted by Gasteiger charge is -2.14. The van der Waals surface area contributed by atoms with E-state index in [0.717, 1.165) is 0 Å². The van der Waals surface area contributed by atoms with Crippen molar-refractivity contribution in [2.45, 2.75) is 26.3 Å². The fraction of sp³-hybridized carbons (Fsp3) is 0.294. The van der Waals surface area contributed by atoms with Gasteiger partial charge in [-0.1, -0.05) is 6.08 Å². The van der Waals surface area contributed by atoms with Crippen LogP contribution in [0, 0.1) is 0 Å². The van der Waals surface area contributed by atoms with Crippen molar-refractivity contribution in [1.82, 2.24) is 5.32 Å². The quantitative estimate of drug-likeness (QED) is 0.472. The van der Waals surface area contributed by atoms with Crippen molar-refractivity contribution in [2.75, 3.05) is 11.9 Å². The van der Waals surface area contributed by atoms with Crippen molar-refractivity contribution in [2.24, 2.45) is 5.73 Å². The smallest absolute Gasteiger partial charge is 0.330 e. The van der Waals surface area contributed by atoms with Gasteiger partial charge in [0, 0.05) is 24.3 Å². The Morgan fingerprint density at radius 3 is 2.36 bits per heavy atom. The highest BCUT2D eigenvalue weighted by Crippen LogP contribution is 2.10. The van der Waals surface area contributed by atoms with Crippen molar-refractivity contribution in [1.29, 1.82) is 0 Å². The van der Waals surface area contributed by atoms with E-state index in [1.807, 2.05) is 0 Å². The zero-order valence-electron chi connectivity index (χ0n) is 14.1. The second-order valence-electron chi connectivity index (χ2n) is 5.08. The molecule has 0 saturated heterocycles. The summed E-state index contributed by atoms with van der Waals surface area (Å²) in [4.78, 5) is 45.8. The molecule has 1 aromatic rings. The molecule has 0 fully saturated rings. The van der Waals surface area contributed by atoms with Gasteiger partial charge in [0.25, 0.3) is 5.91 Å². The largest absolute Gasteiger partial charge is 0.463 e. The van der Waals surface area contributed by atoms with Gasteiger partial charge in [0.15, 0.2) is 0 Å². The number of primary amides is 1. The number of hydrogen-bond donors (Lipinski definition) is 3. The third-order valence-corrected chi connectivity index (χ3v) is 3.03. The van der Waals surface area contributed by atoms with Gasteiger partial charge >= 0.3 is 5.97 Å². The maximum Gasteiger partial charge on any atom is 0.330 e. The van der Waals surface area contributed by atoms with Crippen LogP contribution in [-0.2, 0) is 19.1 Å². The zero-order valence-corrected chi connectivity index (χ0v) is 14.1. The molecule has 25 heavy (non-hydrogen) atoms. The molecular weight excluding hydrogens is 326 g/mol. The molecule has 8 nitrogen and oxygen atoms in total. The van der Waals surface area contributed by atoms with Crippen LogP contribution in [0.4, 0.5) is 5.69 Å². The van der Waals surface area contributed by atoms with Gasteiger partial charge in [0.05, 0.1) is 6.61 Å². The Hall–Kier alpha value is -3.16. The first-order valence-corrected chi connectivity index (χ1v) is 7.64. The Morgan fingerprint density at radius 2 is 1.84 bits per heavy atom. The van der Waals surface area contributed by atoms with E-state index >= 15 is 0 Å². The van der Waals surface area contributed by atoms with Gasteiger partial charge in [0.1, 0.15) is 6.04 Å². The Kier molecular flexibility index (Phi) is 7.85. The van der Waals surface area contributed by atoms with Crippen LogP contribution in [0.25, 0.3) is 0 Å². The van der Waals surface area contributed by atoms with Gasteiger partial charge in [-0.15, -0.1) is 0 Å². The molecule has 0 radical (unpaired) electrons. The second-order valence-corrected chi connectivity index (χ2v) is 5.08. The van der Waals surface area contributed by atoms with E-state index in [-0.39, 0.29) is 18.9 Å². The standard InChI is InChI=1S/C17H21N3O5/c1-3-25-15(22)6-4-5-14(16(18)23)20-17(24)12-7-9-13(10-8-12)19-11(2)21/h4,6-10,14H,3,5H2,1-2H3,(H2,18,23)(H,19,21)(H,20,24)/b6-4+/t14-/m1/s1. The highest BCUT2D eigenvalue weighted by Gasteiger charge is 2.17. The summed E-state index contributed by atoms with van der Waals surface area (Å²) in [5.74, 6) is -1.98. The van der Waals surface area contributed by atoms with Crippen molar-refractivity contribution in [3.63, 3.8) is 0 Å². The summed E-state index contributed by atoms with van der Waals surface area (Å²) >= 11 is 0. The first-order valence-electron chi connectivity index (χ1n) is 7.64. The molecule has 3 amide bonds. The minimum Gasteiger partial charge on any atom is -0.463 e. The molecule has 0 heterocycles. The van der Waals surface area contributed by atoms with Crippen molar-refractivity contribution in [3.8, 4) is 0 Å². The van der Waals surface area contributed by atoms with Gasteiger partial charge in [-0.2, -0.15) is 0 Å². The first kappa shape index (κ1) is 19.9. The lowest BCUT2D eigenvalue weighted by Crippen LogP contribution is -2.44. The topological polar surface area (TPSA) is 128 Å². The molecule has 4 N–H and O–H groups in total. The van der Waals surface area contributed by atoms with Crippen LogP contribution in [0.1, 0.15) is 30.6 Å². The summed E-state index contributed by atoms with van der Waals surface area (Å²) < 4.78 is 4.71. The van der Waals surface area contributed by atoms with E-state index in [2.05, 4.69) is 10.6 Å². The SMILES string of the molecule is CCOC(=O)/C=C/C[C@@H](NC(=O)c1ccc(NC(C)=O)cc1)C(N)=O. The lowest BCUT2D eigenvalue weighted by atomic mass is 10.1. The average Bonchev–Trinajstić information content (AvgIpc) is 2.54. The number of rotatable bonds is 8. The number of carbonyl (C=O) groups is 4. The highest BCUT2D eigenvalue weighted by molar-refractivity contribution is 5.98. The summed E-state index contributed by atoms with van der Waals surface area (Å²) in [5.41, 5.74) is 6.12. The van der Waals surface area contributed by atoms with Gasteiger partial charge in [0.2, 0.25) is 11.8 Å². The summed E-state index contributed by atoms with van der Waals surface area (Å²) in [6.45, 7) is 3.30. The maximum absolute atomic E-state index is 12.2. The number of carbonyl (C=O) groups excluding carboxylic acids is 4. The first-order chi connectivity index (χ1) is 11.8. The molecule has 0 aromatic heterocycles. The van der Waals surface area contributed by atoms with Crippen LogP contribution in [-0.4, -0.2) is 36.3 Å². The van der Waals surface area contributed by atoms with Gasteiger partial charge < -0.3 is 21.1 Å². The van der Waals surface area contributed by atoms with Crippen LogP contribution in [0.5, 0.6) is 0 Å². The Labute approximate surface area is 145 Å². The van der Waals surface area contributed by atoms with Crippen LogP contribution < -0.4 is 16.4 Å². The molecule has 0 aliphatic carbocycles. The Morgan fingerprint density at radius 1 is 1.20 bits per heavy atom. The van der Waals surface area contributed by atoms with E-state index < -0.39 is 23.8 Å². The number of hydrogen-bond acceptors (Lipinski definition) is 5. The van der Waals surface area contributed by atoms with Crippen molar-refractivity contribution >= 4 is 29.4 Å². The molecule has 1 rings (SSSR count). The van der Waals surface area contributed by atoms with Crippen LogP contribution in [0.2, 0.25) is 0 Å². The number of benzene rings is 1. The van der Waals surface area contributed by atoms with Crippen molar-refractivity contribution < 1.29 is 23.9 Å². The zero-order chi connectivity index (χ0) is 18.8. The predicted octanol–water partition coefficient (Wildman–Crippen LogP) is 0.738. The molecule has 0 spiro atoms. The number of nitrogens with two attached hydrogens (primary N) is 1. The lowest BCUT2D eigenvalue weighted by molar-refractivity contribution is -0.137. The average molecular weight is 347 g/mol. The summed E-state index contributed by atoms with van der Waals surface area (Å²) in [5, 5.41) is 5.08. The van der Waals surface area contributed by atoms with Gasteiger partial charge in [-0.05, 0) is 37.6 Å². The molecule has 1 atom stereocenters. The normalized spacial score (nSPS) is 11.6. The second kappa shape index (κ2) is 9.86. The summed E-state index contributed by atoms with van der Waals surface area (Å²) in [7, 11) is 0. The third-order valence-electron chi connectivity index (χ3n) is 3.03. The number of ether oxygens (including phenoxy) is 1. The minimum atomic E-state index is -0.965. The van der Waals surface area contributed by atoms with E-state index in [0.29, 0.717) is 11.3 Å². The van der Waals surface area contributed by atoms with E-state index in [9.17, 15) is 19.2 Å². The predicted molar refractivity (Wildman–Crippen MR) is 91.6 cm³/mol. The molecule has 0 aliphatic rings. The summed E-state index contributed by atoms with van der Waals surface area (Å²) in [6.07, 6.45) is 2.64. The third kappa shape index (κ3) is 7.30. The number of anilines is 1. The maximum atomic E-state index is 12.2. The number of esters is 1.